The van der Waals surface area contributed by atoms with Gasteiger partial charge in [0.05, 0.1) is 16.8 Å². The quantitative estimate of drug-likeness (QED) is 0.929. The van der Waals surface area contributed by atoms with Gasteiger partial charge in [0.15, 0.2) is 0 Å². The summed E-state index contributed by atoms with van der Waals surface area (Å²) in [5.74, 6) is -0.415. The molecule has 1 aromatic heterocycles. The number of piperazine rings is 1. The fourth-order valence-corrected chi connectivity index (χ4v) is 3.23. The highest BCUT2D eigenvalue weighted by atomic mass is 19.1. The fraction of sp³-hybridized carbons (Fsp3) is 0.412. The van der Waals surface area contributed by atoms with Gasteiger partial charge in [0.1, 0.15) is 5.82 Å². The summed E-state index contributed by atoms with van der Waals surface area (Å²) in [6.45, 7) is 3.09. The molecule has 5 nitrogen and oxygen atoms in total. The molecule has 2 heterocycles. The number of nitrogens with zero attached hydrogens (tertiary/aromatic N) is 2. The number of anilines is 1. The first-order valence-electron chi connectivity index (χ1n) is 7.91. The minimum atomic E-state index is -0.447. The van der Waals surface area contributed by atoms with E-state index >= 15 is 0 Å². The molecular weight excluding hydrogens is 297 g/mol. The molecule has 1 radical (unpaired) electrons. The molecule has 1 N–H and O–H groups in total. The molecule has 1 saturated heterocycles. The molecule has 119 valence electrons. The molecule has 0 bridgehead atoms. The summed E-state index contributed by atoms with van der Waals surface area (Å²) in [6, 6.07) is 3.31. The predicted molar refractivity (Wildman–Crippen MR) is 86.3 cm³/mol. The summed E-state index contributed by atoms with van der Waals surface area (Å²) in [5.41, 5.74) is 0.749. The predicted octanol–water partition coefficient (Wildman–Crippen LogP) is 1.34. The fourth-order valence-electron chi connectivity index (χ4n) is 3.23. The number of hydrogen-bond acceptors (Lipinski definition) is 4. The molecule has 23 heavy (non-hydrogen) atoms. The molecule has 1 aliphatic carbocycles. The van der Waals surface area contributed by atoms with E-state index in [0.29, 0.717) is 11.2 Å². The topological polar surface area (TPSA) is 54.3 Å². The Kier molecular flexibility index (Phi) is 3.41. The zero-order valence-electron chi connectivity index (χ0n) is 12.6. The van der Waals surface area contributed by atoms with Crippen LogP contribution in [0, 0.1) is 5.82 Å². The highest BCUT2D eigenvalue weighted by Crippen LogP contribution is 2.38. The average Bonchev–Trinajstić information content (AvgIpc) is 3.41. The third-order valence-corrected chi connectivity index (χ3v) is 4.61. The molecule has 2 fully saturated rings. The molecule has 0 unspecified atom stereocenters. The Labute approximate surface area is 132 Å². The van der Waals surface area contributed by atoms with Gasteiger partial charge in [0.2, 0.25) is 11.7 Å². The van der Waals surface area contributed by atoms with Crippen LogP contribution in [0.25, 0.3) is 10.9 Å². The third kappa shape index (κ3) is 2.43. The highest BCUT2D eigenvalue weighted by Gasteiger charge is 2.27. The number of carbonyl (C=O) groups excluding carboxylic acids is 1. The van der Waals surface area contributed by atoms with E-state index < -0.39 is 11.2 Å². The van der Waals surface area contributed by atoms with Gasteiger partial charge in [-0.2, -0.15) is 0 Å². The number of halogens is 1. The van der Waals surface area contributed by atoms with E-state index in [9.17, 15) is 14.0 Å². The summed E-state index contributed by atoms with van der Waals surface area (Å²) in [5, 5.41) is 3.50. The minimum absolute atomic E-state index is 0.0290. The first-order chi connectivity index (χ1) is 11.2. The van der Waals surface area contributed by atoms with Crippen molar-refractivity contribution in [2.45, 2.75) is 18.9 Å². The zero-order valence-corrected chi connectivity index (χ0v) is 12.6. The van der Waals surface area contributed by atoms with E-state index in [4.69, 9.17) is 0 Å². The van der Waals surface area contributed by atoms with E-state index in [1.807, 2.05) is 9.47 Å². The maximum absolute atomic E-state index is 14.6. The largest absolute Gasteiger partial charge is 0.367 e. The Morgan fingerprint density at radius 3 is 2.61 bits per heavy atom. The second kappa shape index (κ2) is 5.45. The molecule has 0 amide bonds. The Morgan fingerprint density at radius 2 is 1.96 bits per heavy atom. The molecule has 1 aromatic carbocycles. The standard InChI is InChI=1S/C17H17FN3O2/c18-14-7-13-15(8-16(14)20-5-3-19-4-6-20)21(12-1-2-12)9-11(10-22)17(13)23/h7-9,12,19H,1-6H2. The molecule has 4 rings (SSSR count). The lowest BCUT2D eigenvalue weighted by atomic mass is 10.1. The third-order valence-electron chi connectivity index (χ3n) is 4.61. The highest BCUT2D eigenvalue weighted by molar-refractivity contribution is 5.88. The number of rotatable bonds is 3. The first kappa shape index (κ1) is 14.4. The Balaban J connectivity index is 1.94. The number of benzene rings is 1. The SMILES string of the molecule is O=[C]c1cn(C2CC2)c2cc(N3CCNCC3)c(F)cc2c1=O. The van der Waals surface area contributed by atoms with Gasteiger partial charge >= 0.3 is 0 Å². The van der Waals surface area contributed by atoms with Gasteiger partial charge in [-0.3, -0.25) is 9.59 Å². The van der Waals surface area contributed by atoms with Crippen LogP contribution in [0.2, 0.25) is 0 Å². The van der Waals surface area contributed by atoms with Crippen LogP contribution < -0.4 is 15.6 Å². The molecule has 1 saturated carbocycles. The number of fused-ring (bicyclic) bond motifs is 1. The van der Waals surface area contributed by atoms with Crippen molar-refractivity contribution in [1.82, 2.24) is 9.88 Å². The molecule has 2 aromatic rings. The smallest absolute Gasteiger partial charge is 0.239 e. The Hall–Kier alpha value is -2.21. The first-order valence-corrected chi connectivity index (χ1v) is 7.91. The summed E-state index contributed by atoms with van der Waals surface area (Å²) in [7, 11) is 0. The van der Waals surface area contributed by atoms with Crippen molar-refractivity contribution < 1.29 is 9.18 Å². The maximum atomic E-state index is 14.6. The maximum Gasteiger partial charge on any atom is 0.239 e. The van der Waals surface area contributed by atoms with Gasteiger partial charge in [-0.05, 0) is 25.0 Å². The molecule has 1 aliphatic heterocycles. The normalized spacial score (nSPS) is 18.4. The Morgan fingerprint density at radius 1 is 1.22 bits per heavy atom. The lowest BCUT2D eigenvalue weighted by Gasteiger charge is -2.30. The number of aromatic nitrogens is 1. The zero-order chi connectivity index (χ0) is 16.0. The van der Waals surface area contributed by atoms with Crippen LogP contribution in [0.5, 0.6) is 0 Å². The molecule has 2 aliphatic rings. The lowest BCUT2D eigenvalue weighted by Crippen LogP contribution is -2.43. The summed E-state index contributed by atoms with van der Waals surface area (Å²) in [6.07, 6.45) is 5.27. The second-order valence-corrected chi connectivity index (χ2v) is 6.17. The van der Waals surface area contributed by atoms with Crippen molar-refractivity contribution in [2.75, 3.05) is 31.1 Å². The number of pyridine rings is 1. The van der Waals surface area contributed by atoms with Crippen LogP contribution in [0.3, 0.4) is 0 Å². The van der Waals surface area contributed by atoms with Crippen LogP contribution >= 0.6 is 0 Å². The molecule has 0 atom stereocenters. The van der Waals surface area contributed by atoms with Gasteiger partial charge in [-0.15, -0.1) is 0 Å². The van der Waals surface area contributed by atoms with E-state index in [1.165, 1.54) is 6.07 Å². The number of hydrogen-bond donors (Lipinski definition) is 1. The molecule has 6 heteroatoms. The van der Waals surface area contributed by atoms with Crippen LogP contribution in [-0.4, -0.2) is 37.0 Å². The Bertz CT molecular complexity index is 836. The van der Waals surface area contributed by atoms with E-state index in [-0.39, 0.29) is 17.0 Å². The van der Waals surface area contributed by atoms with E-state index in [0.717, 1.165) is 39.0 Å². The van der Waals surface area contributed by atoms with Crippen LogP contribution in [0.15, 0.2) is 23.1 Å². The van der Waals surface area contributed by atoms with E-state index in [2.05, 4.69) is 5.32 Å². The summed E-state index contributed by atoms with van der Waals surface area (Å²) < 4.78 is 16.5. The minimum Gasteiger partial charge on any atom is -0.367 e. The van der Waals surface area contributed by atoms with Gasteiger partial charge < -0.3 is 14.8 Å². The monoisotopic (exact) mass is 314 g/mol. The van der Waals surface area contributed by atoms with Crippen LogP contribution in [0.1, 0.15) is 24.4 Å². The van der Waals surface area contributed by atoms with Crippen LogP contribution in [0.4, 0.5) is 10.1 Å². The molecule has 0 spiro atoms. The van der Waals surface area contributed by atoms with Crippen molar-refractivity contribution in [3.63, 3.8) is 0 Å². The van der Waals surface area contributed by atoms with Crippen molar-refractivity contribution in [3.05, 3.63) is 39.9 Å². The van der Waals surface area contributed by atoms with Gasteiger partial charge in [-0.1, -0.05) is 0 Å². The lowest BCUT2D eigenvalue weighted by molar-refractivity contribution is 0.561. The van der Waals surface area contributed by atoms with Crippen molar-refractivity contribution in [1.29, 1.82) is 0 Å². The second-order valence-electron chi connectivity index (χ2n) is 6.17. The summed E-state index contributed by atoms with van der Waals surface area (Å²) >= 11 is 0. The van der Waals surface area contributed by atoms with Crippen molar-refractivity contribution >= 4 is 22.9 Å². The van der Waals surface area contributed by atoms with Crippen LogP contribution in [-0.2, 0) is 4.79 Å². The number of nitrogens with one attached hydrogen (secondary N) is 1. The average molecular weight is 314 g/mol. The van der Waals surface area contributed by atoms with Gasteiger partial charge in [0.25, 0.3) is 0 Å². The van der Waals surface area contributed by atoms with Gasteiger partial charge in [0, 0.05) is 43.8 Å². The van der Waals surface area contributed by atoms with Crippen molar-refractivity contribution in [3.8, 4) is 0 Å². The van der Waals surface area contributed by atoms with Crippen molar-refractivity contribution in [2.24, 2.45) is 0 Å². The molecular formula is C17H17FN3O2. The summed E-state index contributed by atoms with van der Waals surface area (Å²) in [4.78, 5) is 25.3. The van der Waals surface area contributed by atoms with Gasteiger partial charge in [-0.25, -0.2) is 4.39 Å². The van der Waals surface area contributed by atoms with E-state index in [1.54, 1.807) is 18.5 Å².